The van der Waals surface area contributed by atoms with E-state index < -0.39 is 0 Å². The van der Waals surface area contributed by atoms with Crippen molar-refractivity contribution in [2.24, 2.45) is 11.8 Å². The summed E-state index contributed by atoms with van der Waals surface area (Å²) in [7, 11) is 3.68. The summed E-state index contributed by atoms with van der Waals surface area (Å²) in [4.78, 5) is 14.2. The van der Waals surface area contributed by atoms with E-state index in [2.05, 4.69) is 43.4 Å². The minimum atomic E-state index is -0.0918. The summed E-state index contributed by atoms with van der Waals surface area (Å²) in [6.07, 6.45) is 3.40. The highest BCUT2D eigenvalue weighted by Gasteiger charge is 2.35. The summed E-state index contributed by atoms with van der Waals surface area (Å²) in [6.45, 7) is 4.35. The Kier molecular flexibility index (Phi) is 5.40. The van der Waals surface area contributed by atoms with Crippen LogP contribution in [0.4, 0.5) is 0 Å². The molecule has 0 radical (unpaired) electrons. The number of benzene rings is 1. The van der Waals surface area contributed by atoms with E-state index in [0.717, 1.165) is 6.42 Å². The lowest BCUT2D eigenvalue weighted by Gasteiger charge is -2.28. The van der Waals surface area contributed by atoms with Gasteiger partial charge in [-0.25, -0.2) is 0 Å². The minimum absolute atomic E-state index is 0.0918. The highest BCUT2D eigenvalue weighted by Crippen LogP contribution is 2.41. The van der Waals surface area contributed by atoms with Gasteiger partial charge in [-0.15, -0.1) is 0 Å². The zero-order valence-electron chi connectivity index (χ0n) is 13.7. The number of carbonyl (C=O) groups excluding carboxylic acids is 1. The van der Waals surface area contributed by atoms with Gasteiger partial charge in [-0.05, 0) is 36.7 Å². The summed E-state index contributed by atoms with van der Waals surface area (Å²) < 4.78 is 0. The summed E-state index contributed by atoms with van der Waals surface area (Å²) in [5.41, 5.74) is 1.31. The summed E-state index contributed by atoms with van der Waals surface area (Å²) in [5, 5.41) is 3.65. The lowest BCUT2D eigenvalue weighted by atomic mass is 9.97. The van der Waals surface area contributed by atoms with Crippen molar-refractivity contribution in [3.05, 3.63) is 35.9 Å². The molecule has 1 amide bonds. The monoisotopic (exact) mass is 288 g/mol. The van der Waals surface area contributed by atoms with Crippen molar-refractivity contribution < 1.29 is 4.79 Å². The van der Waals surface area contributed by atoms with Crippen LogP contribution in [0.15, 0.2) is 30.3 Å². The van der Waals surface area contributed by atoms with Gasteiger partial charge in [0.05, 0.1) is 6.04 Å². The molecule has 1 aromatic rings. The van der Waals surface area contributed by atoms with E-state index in [4.69, 9.17) is 0 Å². The van der Waals surface area contributed by atoms with Crippen LogP contribution in [-0.4, -0.2) is 30.9 Å². The SMILES string of the molecule is CC(C)CC(NC(c1ccccc1)C1CC1)C(=O)N(C)C. The largest absolute Gasteiger partial charge is 0.347 e. The maximum Gasteiger partial charge on any atom is 0.239 e. The molecule has 0 heterocycles. The molecule has 21 heavy (non-hydrogen) atoms. The van der Waals surface area contributed by atoms with Crippen LogP contribution in [0.5, 0.6) is 0 Å². The second-order valence-electron chi connectivity index (χ2n) is 6.81. The fourth-order valence-electron chi connectivity index (χ4n) is 2.83. The Morgan fingerprint density at radius 2 is 1.86 bits per heavy atom. The highest BCUT2D eigenvalue weighted by atomic mass is 16.2. The molecular formula is C18H28N2O. The Labute approximate surface area is 128 Å². The molecule has 116 valence electrons. The summed E-state index contributed by atoms with van der Waals surface area (Å²) in [5.74, 6) is 1.37. The van der Waals surface area contributed by atoms with Crippen molar-refractivity contribution in [1.29, 1.82) is 0 Å². The Morgan fingerprint density at radius 1 is 1.24 bits per heavy atom. The van der Waals surface area contributed by atoms with Gasteiger partial charge in [-0.2, -0.15) is 0 Å². The van der Waals surface area contributed by atoms with Gasteiger partial charge >= 0.3 is 0 Å². The number of likely N-dealkylation sites (N-methyl/N-ethyl adjacent to an activating group) is 1. The first-order valence-electron chi connectivity index (χ1n) is 8.01. The maximum atomic E-state index is 12.5. The van der Waals surface area contributed by atoms with Gasteiger partial charge in [-0.3, -0.25) is 10.1 Å². The number of nitrogens with one attached hydrogen (secondary N) is 1. The Hall–Kier alpha value is -1.35. The Morgan fingerprint density at radius 3 is 2.33 bits per heavy atom. The summed E-state index contributed by atoms with van der Waals surface area (Å²) >= 11 is 0. The number of carbonyl (C=O) groups is 1. The van der Waals surface area contributed by atoms with E-state index in [0.29, 0.717) is 17.9 Å². The summed E-state index contributed by atoms with van der Waals surface area (Å²) in [6, 6.07) is 10.8. The first kappa shape index (κ1) is 16.0. The van der Waals surface area contributed by atoms with E-state index in [1.807, 2.05) is 20.2 Å². The fraction of sp³-hybridized carbons (Fsp3) is 0.611. The number of rotatable bonds is 7. The van der Waals surface area contributed by atoms with Crippen molar-refractivity contribution in [1.82, 2.24) is 10.2 Å². The molecule has 1 aliphatic rings. The van der Waals surface area contributed by atoms with Gasteiger partial charge in [0.1, 0.15) is 0 Å². The average Bonchev–Trinajstić information content (AvgIpc) is 3.27. The molecule has 1 aromatic carbocycles. The molecule has 0 bridgehead atoms. The Balaban J connectivity index is 2.14. The van der Waals surface area contributed by atoms with Crippen LogP contribution >= 0.6 is 0 Å². The van der Waals surface area contributed by atoms with Gasteiger partial charge in [0.15, 0.2) is 0 Å². The zero-order valence-corrected chi connectivity index (χ0v) is 13.7. The van der Waals surface area contributed by atoms with E-state index in [1.54, 1.807) is 4.90 Å². The van der Waals surface area contributed by atoms with E-state index in [-0.39, 0.29) is 11.9 Å². The molecule has 1 fully saturated rings. The molecule has 0 aromatic heterocycles. The third-order valence-corrected chi connectivity index (χ3v) is 4.08. The van der Waals surface area contributed by atoms with E-state index in [9.17, 15) is 4.79 Å². The van der Waals surface area contributed by atoms with Gasteiger partial charge in [0.2, 0.25) is 5.91 Å². The molecule has 0 spiro atoms. The number of hydrogen-bond acceptors (Lipinski definition) is 2. The van der Waals surface area contributed by atoms with Gasteiger partial charge in [0.25, 0.3) is 0 Å². The third kappa shape index (κ3) is 4.57. The van der Waals surface area contributed by atoms with Crippen molar-refractivity contribution >= 4 is 5.91 Å². The average molecular weight is 288 g/mol. The molecule has 2 atom stereocenters. The molecule has 2 unspecified atom stereocenters. The minimum Gasteiger partial charge on any atom is -0.347 e. The molecule has 3 heteroatoms. The second kappa shape index (κ2) is 7.08. The highest BCUT2D eigenvalue weighted by molar-refractivity contribution is 5.81. The maximum absolute atomic E-state index is 12.5. The molecule has 3 nitrogen and oxygen atoms in total. The predicted molar refractivity (Wildman–Crippen MR) is 87.0 cm³/mol. The lowest BCUT2D eigenvalue weighted by molar-refractivity contribution is -0.131. The molecule has 1 saturated carbocycles. The third-order valence-electron chi connectivity index (χ3n) is 4.08. The molecule has 1 N–H and O–H groups in total. The lowest BCUT2D eigenvalue weighted by Crippen LogP contribution is -2.46. The smallest absolute Gasteiger partial charge is 0.239 e. The van der Waals surface area contributed by atoms with Crippen molar-refractivity contribution in [2.75, 3.05) is 14.1 Å². The second-order valence-corrected chi connectivity index (χ2v) is 6.81. The van der Waals surface area contributed by atoms with Crippen molar-refractivity contribution in [2.45, 2.75) is 45.2 Å². The number of hydrogen-bond donors (Lipinski definition) is 1. The van der Waals surface area contributed by atoms with Crippen LogP contribution in [0.25, 0.3) is 0 Å². The molecule has 0 saturated heterocycles. The zero-order chi connectivity index (χ0) is 15.4. The van der Waals surface area contributed by atoms with Crippen LogP contribution < -0.4 is 5.32 Å². The standard InChI is InChI=1S/C18H28N2O/c1-13(2)12-16(18(21)20(3)4)19-17(15-10-11-15)14-8-6-5-7-9-14/h5-9,13,15-17,19H,10-12H2,1-4H3. The number of amides is 1. The van der Waals surface area contributed by atoms with Gasteiger partial charge in [0, 0.05) is 20.1 Å². The quantitative estimate of drug-likeness (QED) is 0.835. The van der Waals surface area contributed by atoms with Gasteiger partial charge in [-0.1, -0.05) is 44.2 Å². The molecule has 0 aliphatic heterocycles. The first-order chi connectivity index (χ1) is 9.99. The Bertz CT molecular complexity index is 452. The predicted octanol–water partition coefficient (Wildman–Crippen LogP) is 3.23. The van der Waals surface area contributed by atoms with E-state index in [1.165, 1.54) is 18.4 Å². The molecular weight excluding hydrogens is 260 g/mol. The number of nitrogens with zero attached hydrogens (tertiary/aromatic N) is 1. The van der Waals surface area contributed by atoms with Crippen LogP contribution in [-0.2, 0) is 4.79 Å². The normalized spacial score (nSPS) is 17.6. The molecule has 1 aliphatic carbocycles. The van der Waals surface area contributed by atoms with Crippen LogP contribution in [0.2, 0.25) is 0 Å². The van der Waals surface area contributed by atoms with Crippen LogP contribution in [0.3, 0.4) is 0 Å². The van der Waals surface area contributed by atoms with Crippen molar-refractivity contribution in [3.8, 4) is 0 Å². The van der Waals surface area contributed by atoms with Crippen LogP contribution in [0, 0.1) is 11.8 Å². The fourth-order valence-corrected chi connectivity index (χ4v) is 2.83. The van der Waals surface area contributed by atoms with E-state index >= 15 is 0 Å². The van der Waals surface area contributed by atoms with Crippen molar-refractivity contribution in [3.63, 3.8) is 0 Å². The van der Waals surface area contributed by atoms with Crippen LogP contribution in [0.1, 0.15) is 44.7 Å². The van der Waals surface area contributed by atoms with Gasteiger partial charge < -0.3 is 4.90 Å². The topological polar surface area (TPSA) is 32.3 Å². The first-order valence-corrected chi connectivity index (χ1v) is 8.01. The molecule has 2 rings (SSSR count).